The fraction of sp³-hybridized carbons (Fsp3) is 0.588. The molecule has 0 atom stereocenters. The number of nitrogens with zero attached hydrogens (tertiary/aromatic N) is 1. The van der Waals surface area contributed by atoms with E-state index in [4.69, 9.17) is 0 Å². The molecule has 1 aromatic rings. The summed E-state index contributed by atoms with van der Waals surface area (Å²) in [5, 5.41) is 5.83. The summed E-state index contributed by atoms with van der Waals surface area (Å²) in [5.74, 6) is -0.0967. The number of carbonyl (C=O) groups is 1. The minimum absolute atomic E-state index is 0.0967. The number of rotatable bonds is 7. The average molecular weight is 353 g/mol. The summed E-state index contributed by atoms with van der Waals surface area (Å²) in [5.41, 5.74) is 1.59. The molecule has 0 spiro atoms. The summed E-state index contributed by atoms with van der Waals surface area (Å²) in [6.45, 7) is 5.82. The zero-order valence-corrected chi connectivity index (χ0v) is 15.3. The van der Waals surface area contributed by atoms with Gasteiger partial charge in [0.1, 0.15) is 0 Å². The lowest BCUT2D eigenvalue weighted by molar-refractivity contribution is -0.119. The Kier molecular flexibility index (Phi) is 6.62. The van der Waals surface area contributed by atoms with Gasteiger partial charge >= 0.3 is 0 Å². The SMILES string of the molecule is CCCNC(=O)CNc1cc(S(=O)(=O)N2CCCCC2)ccc1C. The van der Waals surface area contributed by atoms with E-state index in [1.165, 1.54) is 0 Å². The van der Waals surface area contributed by atoms with Crippen LogP contribution in [0.25, 0.3) is 0 Å². The van der Waals surface area contributed by atoms with E-state index in [-0.39, 0.29) is 17.3 Å². The van der Waals surface area contributed by atoms with Crippen molar-refractivity contribution in [3.05, 3.63) is 23.8 Å². The maximum atomic E-state index is 12.7. The van der Waals surface area contributed by atoms with E-state index in [1.807, 2.05) is 13.8 Å². The molecule has 2 N–H and O–H groups in total. The van der Waals surface area contributed by atoms with Crippen LogP contribution in [0.4, 0.5) is 5.69 Å². The second kappa shape index (κ2) is 8.48. The standard InChI is InChI=1S/C17H27N3O3S/c1-3-9-18-17(21)13-19-16-12-15(8-7-14(16)2)24(22,23)20-10-5-4-6-11-20/h7-8,12,19H,3-6,9-11,13H2,1-2H3,(H,18,21). The number of nitrogens with one attached hydrogen (secondary N) is 2. The van der Waals surface area contributed by atoms with Crippen molar-refractivity contribution in [2.24, 2.45) is 0 Å². The second-order valence-corrected chi connectivity index (χ2v) is 8.08. The Hall–Kier alpha value is -1.60. The number of benzene rings is 1. The first-order chi connectivity index (χ1) is 11.4. The van der Waals surface area contributed by atoms with Crippen molar-refractivity contribution >= 4 is 21.6 Å². The largest absolute Gasteiger partial charge is 0.376 e. The Morgan fingerprint density at radius 1 is 1.21 bits per heavy atom. The van der Waals surface area contributed by atoms with Crippen molar-refractivity contribution in [1.82, 2.24) is 9.62 Å². The van der Waals surface area contributed by atoms with Crippen LogP contribution < -0.4 is 10.6 Å². The highest BCUT2D eigenvalue weighted by Gasteiger charge is 2.26. The first-order valence-electron chi connectivity index (χ1n) is 8.56. The van der Waals surface area contributed by atoms with E-state index < -0.39 is 10.0 Å². The van der Waals surface area contributed by atoms with Gasteiger partial charge in [-0.1, -0.05) is 19.4 Å². The van der Waals surface area contributed by atoms with Crippen molar-refractivity contribution in [2.75, 3.05) is 31.5 Å². The summed E-state index contributed by atoms with van der Waals surface area (Å²) in [4.78, 5) is 12.0. The molecule has 1 fully saturated rings. The molecule has 1 heterocycles. The lowest BCUT2D eigenvalue weighted by Gasteiger charge is -2.26. The third-order valence-corrected chi connectivity index (χ3v) is 6.07. The van der Waals surface area contributed by atoms with Gasteiger partial charge in [-0.25, -0.2) is 8.42 Å². The van der Waals surface area contributed by atoms with Gasteiger partial charge in [0.15, 0.2) is 0 Å². The van der Waals surface area contributed by atoms with Crippen LogP contribution in [0.2, 0.25) is 0 Å². The number of amides is 1. The van der Waals surface area contributed by atoms with Crippen LogP contribution in [0.3, 0.4) is 0 Å². The van der Waals surface area contributed by atoms with Crippen LogP contribution >= 0.6 is 0 Å². The number of piperidine rings is 1. The highest BCUT2D eigenvalue weighted by molar-refractivity contribution is 7.89. The van der Waals surface area contributed by atoms with Crippen molar-refractivity contribution in [1.29, 1.82) is 0 Å². The Balaban J connectivity index is 2.11. The molecule has 0 bridgehead atoms. The number of anilines is 1. The van der Waals surface area contributed by atoms with Gasteiger partial charge in [0.25, 0.3) is 0 Å². The lowest BCUT2D eigenvalue weighted by Crippen LogP contribution is -2.35. The molecular weight excluding hydrogens is 326 g/mol. The Morgan fingerprint density at radius 3 is 2.58 bits per heavy atom. The summed E-state index contributed by atoms with van der Waals surface area (Å²) in [7, 11) is -3.46. The van der Waals surface area contributed by atoms with E-state index >= 15 is 0 Å². The second-order valence-electron chi connectivity index (χ2n) is 6.14. The molecule has 6 nitrogen and oxygen atoms in total. The van der Waals surface area contributed by atoms with Crippen molar-refractivity contribution in [2.45, 2.75) is 44.4 Å². The Labute approximate surface area is 144 Å². The van der Waals surface area contributed by atoms with Gasteiger partial charge in [-0.05, 0) is 43.9 Å². The maximum Gasteiger partial charge on any atom is 0.243 e. The van der Waals surface area contributed by atoms with Crippen LogP contribution in [-0.2, 0) is 14.8 Å². The fourth-order valence-corrected chi connectivity index (χ4v) is 4.25. The zero-order chi connectivity index (χ0) is 17.6. The van der Waals surface area contributed by atoms with Crippen molar-refractivity contribution in [3.63, 3.8) is 0 Å². The summed E-state index contributed by atoms with van der Waals surface area (Å²) < 4.78 is 27.1. The smallest absolute Gasteiger partial charge is 0.243 e. The van der Waals surface area contributed by atoms with Crippen molar-refractivity contribution < 1.29 is 13.2 Å². The third kappa shape index (κ3) is 4.70. The predicted octanol–water partition coefficient (Wildman–Crippen LogP) is 2.11. The molecule has 0 aliphatic carbocycles. The lowest BCUT2D eigenvalue weighted by atomic mass is 10.2. The maximum absolute atomic E-state index is 12.7. The van der Waals surface area contributed by atoms with E-state index in [9.17, 15) is 13.2 Å². The normalized spacial score (nSPS) is 15.9. The highest BCUT2D eigenvalue weighted by atomic mass is 32.2. The number of aryl methyl sites for hydroxylation is 1. The van der Waals surface area contributed by atoms with Gasteiger partial charge in [0.2, 0.25) is 15.9 Å². The summed E-state index contributed by atoms with van der Waals surface area (Å²) in [6, 6.07) is 5.05. The average Bonchev–Trinajstić information content (AvgIpc) is 2.59. The van der Waals surface area contributed by atoms with E-state index in [1.54, 1.807) is 22.5 Å². The Morgan fingerprint density at radius 2 is 1.92 bits per heavy atom. The number of sulfonamides is 1. The monoisotopic (exact) mass is 353 g/mol. The minimum Gasteiger partial charge on any atom is -0.376 e. The molecular formula is C17H27N3O3S. The summed E-state index contributed by atoms with van der Waals surface area (Å²) in [6.07, 6.45) is 3.79. The van der Waals surface area contributed by atoms with Gasteiger partial charge in [-0.3, -0.25) is 4.79 Å². The topological polar surface area (TPSA) is 78.5 Å². The van der Waals surface area contributed by atoms with Crippen LogP contribution in [0.15, 0.2) is 23.1 Å². The first kappa shape index (κ1) is 18.7. The first-order valence-corrected chi connectivity index (χ1v) is 10.0. The molecule has 2 rings (SSSR count). The number of hydrogen-bond acceptors (Lipinski definition) is 4. The number of hydrogen-bond donors (Lipinski definition) is 2. The minimum atomic E-state index is -3.46. The molecule has 134 valence electrons. The van der Waals surface area contributed by atoms with Gasteiger partial charge in [-0.15, -0.1) is 0 Å². The van der Waals surface area contributed by atoms with Crippen LogP contribution in [0.5, 0.6) is 0 Å². The molecule has 1 aromatic carbocycles. The van der Waals surface area contributed by atoms with Crippen LogP contribution in [0, 0.1) is 6.92 Å². The molecule has 24 heavy (non-hydrogen) atoms. The van der Waals surface area contributed by atoms with E-state index in [0.29, 0.717) is 25.3 Å². The molecule has 7 heteroatoms. The van der Waals surface area contributed by atoms with Crippen molar-refractivity contribution in [3.8, 4) is 0 Å². The predicted molar refractivity (Wildman–Crippen MR) is 95.6 cm³/mol. The quantitative estimate of drug-likeness (QED) is 0.787. The van der Waals surface area contributed by atoms with Crippen LogP contribution in [-0.4, -0.2) is 44.8 Å². The number of carbonyl (C=O) groups excluding carboxylic acids is 1. The van der Waals surface area contributed by atoms with E-state index in [0.717, 1.165) is 31.2 Å². The molecule has 1 saturated heterocycles. The van der Waals surface area contributed by atoms with Gasteiger partial charge in [-0.2, -0.15) is 4.31 Å². The summed E-state index contributed by atoms with van der Waals surface area (Å²) >= 11 is 0. The molecule has 1 aliphatic heterocycles. The van der Waals surface area contributed by atoms with Gasteiger partial charge in [0.05, 0.1) is 11.4 Å². The molecule has 0 radical (unpaired) electrons. The Bertz CT molecular complexity index is 668. The zero-order valence-electron chi connectivity index (χ0n) is 14.5. The van der Waals surface area contributed by atoms with Gasteiger partial charge in [0, 0.05) is 25.3 Å². The molecule has 1 aliphatic rings. The molecule has 0 saturated carbocycles. The fourth-order valence-electron chi connectivity index (χ4n) is 2.71. The molecule has 1 amide bonds. The van der Waals surface area contributed by atoms with Gasteiger partial charge < -0.3 is 10.6 Å². The molecule has 0 aromatic heterocycles. The van der Waals surface area contributed by atoms with E-state index in [2.05, 4.69) is 10.6 Å². The molecule has 0 unspecified atom stereocenters. The third-order valence-electron chi connectivity index (χ3n) is 4.17. The highest BCUT2D eigenvalue weighted by Crippen LogP contribution is 2.25. The van der Waals surface area contributed by atoms with Crippen LogP contribution in [0.1, 0.15) is 38.2 Å².